The van der Waals surface area contributed by atoms with Crippen molar-refractivity contribution in [2.24, 2.45) is 0 Å². The van der Waals surface area contributed by atoms with Crippen molar-refractivity contribution in [1.82, 2.24) is 9.97 Å². The minimum absolute atomic E-state index is 0.405. The number of pyridine rings is 2. The van der Waals surface area contributed by atoms with Gasteiger partial charge in [0.2, 0.25) is 5.88 Å². The van der Waals surface area contributed by atoms with Gasteiger partial charge in [0.15, 0.2) is 0 Å². The molecule has 0 aliphatic carbocycles. The Morgan fingerprint density at radius 3 is 2.87 bits per heavy atom. The zero-order valence-corrected chi connectivity index (χ0v) is 8.48. The van der Waals surface area contributed by atoms with Crippen molar-refractivity contribution in [3.05, 3.63) is 41.7 Å². The molecule has 0 radical (unpaired) electrons. The number of nitrogens with two attached hydrogens (primary N) is 1. The normalized spacial score (nSPS) is 9.93. The summed E-state index contributed by atoms with van der Waals surface area (Å²) in [6.45, 7) is 0. The molecular formula is C10H8ClN3O. The number of anilines is 1. The molecule has 0 atom stereocenters. The van der Waals surface area contributed by atoms with Crippen LogP contribution in [0.3, 0.4) is 0 Å². The first-order valence-corrected chi connectivity index (χ1v) is 4.63. The molecule has 2 aromatic heterocycles. The van der Waals surface area contributed by atoms with E-state index in [4.69, 9.17) is 22.1 Å². The molecule has 0 saturated heterocycles. The highest BCUT2D eigenvalue weighted by Crippen LogP contribution is 2.21. The number of nitrogen functional groups attached to an aromatic ring is 1. The fourth-order valence-corrected chi connectivity index (χ4v) is 1.22. The van der Waals surface area contributed by atoms with E-state index < -0.39 is 0 Å². The van der Waals surface area contributed by atoms with Crippen LogP contribution in [-0.4, -0.2) is 9.97 Å². The zero-order chi connectivity index (χ0) is 10.7. The Hall–Kier alpha value is -1.81. The molecule has 4 nitrogen and oxygen atoms in total. The van der Waals surface area contributed by atoms with E-state index in [1.54, 1.807) is 30.5 Å². The van der Waals surface area contributed by atoms with Crippen molar-refractivity contribution in [1.29, 1.82) is 0 Å². The van der Waals surface area contributed by atoms with Crippen LogP contribution in [0.15, 0.2) is 36.7 Å². The van der Waals surface area contributed by atoms with Crippen molar-refractivity contribution >= 4 is 17.4 Å². The number of hydrogen-bond donors (Lipinski definition) is 1. The summed E-state index contributed by atoms with van der Waals surface area (Å²) in [5.41, 5.74) is 5.51. The predicted molar refractivity (Wildman–Crippen MR) is 58.0 cm³/mol. The molecule has 0 spiro atoms. The molecule has 0 aliphatic heterocycles. The van der Waals surface area contributed by atoms with Crippen molar-refractivity contribution in [3.63, 3.8) is 0 Å². The highest BCUT2D eigenvalue weighted by molar-refractivity contribution is 6.30. The van der Waals surface area contributed by atoms with Crippen molar-refractivity contribution in [2.75, 3.05) is 5.73 Å². The average molecular weight is 222 g/mol. The Bertz CT molecular complexity index is 432. The van der Waals surface area contributed by atoms with Crippen LogP contribution >= 0.6 is 11.6 Å². The lowest BCUT2D eigenvalue weighted by atomic mass is 10.4. The topological polar surface area (TPSA) is 61.0 Å². The Kier molecular flexibility index (Phi) is 2.69. The molecule has 0 amide bonds. The van der Waals surface area contributed by atoms with E-state index in [1.807, 2.05) is 0 Å². The van der Waals surface area contributed by atoms with E-state index in [2.05, 4.69) is 9.97 Å². The lowest BCUT2D eigenvalue weighted by Crippen LogP contribution is -1.93. The van der Waals surface area contributed by atoms with Gasteiger partial charge in [0, 0.05) is 18.3 Å². The summed E-state index contributed by atoms with van der Waals surface area (Å²) < 4.78 is 5.40. The third-order valence-corrected chi connectivity index (χ3v) is 1.85. The van der Waals surface area contributed by atoms with Gasteiger partial charge in [-0.25, -0.2) is 0 Å². The summed E-state index contributed by atoms with van der Waals surface area (Å²) in [4.78, 5) is 7.87. The average Bonchev–Trinajstić information content (AvgIpc) is 2.17. The molecule has 2 heterocycles. The molecule has 0 unspecified atom stereocenters. The molecule has 76 valence electrons. The molecule has 2 rings (SSSR count). The third-order valence-electron chi connectivity index (χ3n) is 1.65. The van der Waals surface area contributed by atoms with Crippen LogP contribution in [0.5, 0.6) is 11.6 Å². The molecule has 0 aromatic carbocycles. The first kappa shape index (κ1) is 9.73. The van der Waals surface area contributed by atoms with Crippen LogP contribution in [-0.2, 0) is 0 Å². The van der Waals surface area contributed by atoms with Gasteiger partial charge in [-0.1, -0.05) is 17.7 Å². The van der Waals surface area contributed by atoms with Gasteiger partial charge in [-0.3, -0.25) is 4.98 Å². The maximum absolute atomic E-state index is 5.75. The Balaban J connectivity index is 2.22. The second-order valence-corrected chi connectivity index (χ2v) is 3.28. The lowest BCUT2D eigenvalue weighted by Gasteiger charge is -2.04. The van der Waals surface area contributed by atoms with Crippen LogP contribution in [0, 0.1) is 0 Å². The van der Waals surface area contributed by atoms with Crippen LogP contribution in [0.2, 0.25) is 5.02 Å². The van der Waals surface area contributed by atoms with Gasteiger partial charge in [0.1, 0.15) is 11.6 Å². The fourth-order valence-electron chi connectivity index (χ4n) is 1.06. The monoisotopic (exact) mass is 221 g/mol. The molecule has 15 heavy (non-hydrogen) atoms. The molecule has 0 bridgehead atoms. The molecular weight excluding hydrogens is 214 g/mol. The summed E-state index contributed by atoms with van der Waals surface area (Å²) in [5.74, 6) is 1.35. The van der Waals surface area contributed by atoms with Crippen LogP contribution < -0.4 is 10.5 Å². The van der Waals surface area contributed by atoms with E-state index in [9.17, 15) is 0 Å². The first-order valence-electron chi connectivity index (χ1n) is 4.25. The molecule has 0 fully saturated rings. The lowest BCUT2D eigenvalue weighted by molar-refractivity contribution is 0.462. The van der Waals surface area contributed by atoms with Crippen molar-refractivity contribution in [3.8, 4) is 11.6 Å². The second kappa shape index (κ2) is 4.14. The predicted octanol–water partition coefficient (Wildman–Crippen LogP) is 2.50. The second-order valence-electron chi connectivity index (χ2n) is 2.84. The van der Waals surface area contributed by atoms with E-state index in [0.29, 0.717) is 22.5 Å². The SMILES string of the molecule is Nc1cccc(Oc2cncc(Cl)c2)n1. The maximum atomic E-state index is 5.75. The van der Waals surface area contributed by atoms with E-state index in [1.165, 1.54) is 6.20 Å². The van der Waals surface area contributed by atoms with Crippen molar-refractivity contribution < 1.29 is 4.74 Å². The van der Waals surface area contributed by atoms with Gasteiger partial charge in [0.05, 0.1) is 11.2 Å². The number of ether oxygens (including phenoxy) is 1. The number of rotatable bonds is 2. The molecule has 2 aromatic rings. The Labute approximate surface area is 91.7 Å². The van der Waals surface area contributed by atoms with Gasteiger partial charge < -0.3 is 10.5 Å². The van der Waals surface area contributed by atoms with E-state index in [-0.39, 0.29) is 0 Å². The summed E-state index contributed by atoms with van der Waals surface area (Å²) in [7, 11) is 0. The molecule has 5 heteroatoms. The number of aromatic nitrogens is 2. The number of hydrogen-bond acceptors (Lipinski definition) is 4. The minimum atomic E-state index is 0.405. The van der Waals surface area contributed by atoms with Gasteiger partial charge in [-0.15, -0.1) is 0 Å². The zero-order valence-electron chi connectivity index (χ0n) is 7.72. The Morgan fingerprint density at radius 1 is 1.27 bits per heavy atom. The number of nitrogens with zero attached hydrogens (tertiary/aromatic N) is 2. The first-order chi connectivity index (χ1) is 7.24. The van der Waals surface area contributed by atoms with E-state index in [0.717, 1.165) is 0 Å². The van der Waals surface area contributed by atoms with Crippen LogP contribution in [0.4, 0.5) is 5.82 Å². The summed E-state index contributed by atoms with van der Waals surface area (Å²) in [6.07, 6.45) is 3.08. The number of halogens is 1. The van der Waals surface area contributed by atoms with Gasteiger partial charge in [-0.2, -0.15) is 4.98 Å². The van der Waals surface area contributed by atoms with Gasteiger partial charge in [0.25, 0.3) is 0 Å². The van der Waals surface area contributed by atoms with Crippen LogP contribution in [0.1, 0.15) is 0 Å². The summed E-state index contributed by atoms with van der Waals surface area (Å²) in [6, 6.07) is 6.80. The fraction of sp³-hybridized carbons (Fsp3) is 0. The van der Waals surface area contributed by atoms with Gasteiger partial charge >= 0.3 is 0 Å². The van der Waals surface area contributed by atoms with Gasteiger partial charge in [-0.05, 0) is 6.07 Å². The van der Waals surface area contributed by atoms with E-state index >= 15 is 0 Å². The summed E-state index contributed by atoms with van der Waals surface area (Å²) in [5, 5.41) is 0.511. The largest absolute Gasteiger partial charge is 0.437 e. The highest BCUT2D eigenvalue weighted by atomic mass is 35.5. The minimum Gasteiger partial charge on any atom is -0.437 e. The van der Waals surface area contributed by atoms with Crippen LogP contribution in [0.25, 0.3) is 0 Å². The smallest absolute Gasteiger partial charge is 0.221 e. The molecule has 2 N–H and O–H groups in total. The van der Waals surface area contributed by atoms with Crippen molar-refractivity contribution in [2.45, 2.75) is 0 Å². The summed E-state index contributed by atoms with van der Waals surface area (Å²) >= 11 is 5.75. The quantitative estimate of drug-likeness (QED) is 0.847. The molecule has 0 saturated carbocycles. The highest BCUT2D eigenvalue weighted by Gasteiger charge is 1.99. The standard InChI is InChI=1S/C10H8ClN3O/c11-7-4-8(6-13-5-7)15-10-3-1-2-9(12)14-10/h1-6H,(H2,12,14). The third kappa shape index (κ3) is 2.57. The maximum Gasteiger partial charge on any atom is 0.221 e. The molecule has 0 aliphatic rings. The Morgan fingerprint density at radius 2 is 2.13 bits per heavy atom.